The third-order valence-corrected chi connectivity index (χ3v) is 8.89. The lowest BCUT2D eigenvalue weighted by Gasteiger charge is -2.46. The minimum absolute atomic E-state index is 0.281. The van der Waals surface area contributed by atoms with Gasteiger partial charge in [0, 0.05) is 12.5 Å². The van der Waals surface area contributed by atoms with Gasteiger partial charge in [-0.25, -0.2) is 4.79 Å². The molecule has 0 bridgehead atoms. The maximum Gasteiger partial charge on any atom is 0.331 e. The minimum Gasteiger partial charge on any atom is -0.472 e. The summed E-state index contributed by atoms with van der Waals surface area (Å²) in [6, 6.07) is 8.87. The van der Waals surface area contributed by atoms with Crippen LogP contribution in [0.3, 0.4) is 0 Å². The van der Waals surface area contributed by atoms with Crippen molar-refractivity contribution in [2.75, 3.05) is 13.2 Å². The van der Waals surface area contributed by atoms with Crippen molar-refractivity contribution in [2.24, 2.45) is 5.92 Å². The van der Waals surface area contributed by atoms with Crippen molar-refractivity contribution in [3.05, 3.63) is 54.3 Å². The Balaban J connectivity index is 1.44. The highest BCUT2D eigenvalue weighted by atomic mass is 16.8. The fourth-order valence-electron chi connectivity index (χ4n) is 6.39. The van der Waals surface area contributed by atoms with E-state index in [-0.39, 0.29) is 6.42 Å². The molecule has 1 aromatic rings. The van der Waals surface area contributed by atoms with Crippen molar-refractivity contribution in [1.29, 1.82) is 0 Å². The highest BCUT2D eigenvalue weighted by molar-refractivity contribution is 5.87. The van der Waals surface area contributed by atoms with Crippen molar-refractivity contribution in [1.82, 2.24) is 0 Å². The summed E-state index contributed by atoms with van der Waals surface area (Å²) in [5.41, 5.74) is -3.10. The van der Waals surface area contributed by atoms with Gasteiger partial charge in [-0.05, 0) is 24.6 Å². The molecular weight excluding hydrogens is 616 g/mol. The first kappa shape index (κ1) is 34.8. The zero-order valence-corrected chi connectivity index (χ0v) is 24.7. The van der Waals surface area contributed by atoms with Gasteiger partial charge in [-0.3, -0.25) is 0 Å². The lowest BCUT2D eigenvalue weighted by molar-refractivity contribution is -0.354. The van der Waals surface area contributed by atoms with E-state index in [4.69, 9.17) is 28.4 Å². The van der Waals surface area contributed by atoms with Crippen molar-refractivity contribution < 1.29 is 79.2 Å². The highest BCUT2D eigenvalue weighted by Gasteiger charge is 2.68. The SMILES string of the molecule is C[C@]1(OC(=O)/C=C/c2ccccc2)C[C@@H](O[C@@H]2O[C@H](CO)[C@H](O)[C@H](O)[C@H]2O)[C@]2(O)C=CO[C@@H](O[C@@H]3O[C@H](CO)[C@@H](O)[C@H](O)[C@H]3O)[C@@H]21. The van der Waals surface area contributed by atoms with Gasteiger partial charge in [-0.1, -0.05) is 30.3 Å². The Morgan fingerprint density at radius 3 is 1.98 bits per heavy atom. The average molecular weight is 657 g/mol. The van der Waals surface area contributed by atoms with Crippen LogP contribution >= 0.6 is 0 Å². The number of aliphatic hydroxyl groups is 9. The lowest BCUT2D eigenvalue weighted by atomic mass is 9.81. The molecule has 5 rings (SSSR count). The second-order valence-corrected chi connectivity index (χ2v) is 12.0. The fraction of sp³-hybridized carbons (Fsp3) is 0.633. The van der Waals surface area contributed by atoms with Gasteiger partial charge < -0.3 is 74.4 Å². The number of rotatable bonds is 9. The quantitative estimate of drug-likeness (QED) is 0.0928. The molecule has 2 saturated heterocycles. The maximum absolute atomic E-state index is 13.1. The van der Waals surface area contributed by atoms with Crippen LogP contribution < -0.4 is 0 Å². The molecular formula is C30H40O16. The molecule has 0 amide bonds. The zero-order chi connectivity index (χ0) is 33.4. The van der Waals surface area contributed by atoms with Gasteiger partial charge in [-0.2, -0.15) is 0 Å². The Labute approximate surface area is 263 Å². The number of benzene rings is 1. The van der Waals surface area contributed by atoms with Crippen LogP contribution in [0.25, 0.3) is 6.08 Å². The zero-order valence-electron chi connectivity index (χ0n) is 24.7. The molecule has 15 atom stereocenters. The number of fused-ring (bicyclic) bond motifs is 1. The van der Waals surface area contributed by atoms with Crippen molar-refractivity contribution in [3.63, 3.8) is 0 Å². The van der Waals surface area contributed by atoms with Crippen molar-refractivity contribution >= 4 is 12.0 Å². The predicted octanol–water partition coefficient (Wildman–Crippen LogP) is -3.38. The Kier molecular flexibility index (Phi) is 10.5. The molecule has 256 valence electrons. The Bertz CT molecular complexity index is 1240. The molecule has 1 saturated carbocycles. The highest BCUT2D eigenvalue weighted by Crippen LogP contribution is 2.53. The fourth-order valence-corrected chi connectivity index (χ4v) is 6.39. The van der Waals surface area contributed by atoms with E-state index >= 15 is 0 Å². The van der Waals surface area contributed by atoms with Crippen LogP contribution in [0, 0.1) is 5.92 Å². The van der Waals surface area contributed by atoms with Crippen molar-refractivity contribution in [2.45, 2.75) is 98.4 Å². The van der Waals surface area contributed by atoms with E-state index in [9.17, 15) is 50.8 Å². The molecule has 3 fully saturated rings. The normalized spacial score (nSPS) is 45.7. The van der Waals surface area contributed by atoms with E-state index in [1.807, 2.05) is 0 Å². The first-order valence-corrected chi connectivity index (χ1v) is 14.8. The molecule has 16 heteroatoms. The number of aliphatic hydroxyl groups excluding tert-OH is 8. The van der Waals surface area contributed by atoms with Gasteiger partial charge in [0.05, 0.1) is 31.5 Å². The third kappa shape index (κ3) is 6.59. The Hall–Kier alpha value is -2.55. The van der Waals surface area contributed by atoms with E-state index in [1.54, 1.807) is 30.3 Å². The van der Waals surface area contributed by atoms with Gasteiger partial charge in [0.2, 0.25) is 6.29 Å². The number of esters is 1. The van der Waals surface area contributed by atoms with Crippen LogP contribution in [0.15, 0.2) is 48.7 Å². The maximum atomic E-state index is 13.1. The second-order valence-electron chi connectivity index (χ2n) is 12.0. The Morgan fingerprint density at radius 1 is 0.848 bits per heavy atom. The van der Waals surface area contributed by atoms with E-state index in [1.165, 1.54) is 25.2 Å². The summed E-state index contributed by atoms with van der Waals surface area (Å²) in [4.78, 5) is 13.1. The van der Waals surface area contributed by atoms with Gasteiger partial charge >= 0.3 is 5.97 Å². The summed E-state index contributed by atoms with van der Waals surface area (Å²) in [6.45, 7) is -0.00438. The lowest BCUT2D eigenvalue weighted by Crippen LogP contribution is -2.63. The molecule has 1 aromatic carbocycles. The van der Waals surface area contributed by atoms with Crippen LogP contribution in [0.1, 0.15) is 18.9 Å². The van der Waals surface area contributed by atoms with Crippen LogP contribution in [0.5, 0.6) is 0 Å². The minimum atomic E-state index is -2.12. The summed E-state index contributed by atoms with van der Waals surface area (Å²) in [5, 5.41) is 93.5. The number of hydrogen-bond donors (Lipinski definition) is 9. The Morgan fingerprint density at radius 2 is 1.41 bits per heavy atom. The summed E-state index contributed by atoms with van der Waals surface area (Å²) >= 11 is 0. The number of carbonyl (C=O) groups excluding carboxylic acids is 1. The van der Waals surface area contributed by atoms with Crippen LogP contribution in [-0.4, -0.2) is 150 Å². The first-order chi connectivity index (χ1) is 21.8. The van der Waals surface area contributed by atoms with Gasteiger partial charge in [0.25, 0.3) is 0 Å². The van der Waals surface area contributed by atoms with Crippen LogP contribution in [0.4, 0.5) is 0 Å². The third-order valence-electron chi connectivity index (χ3n) is 8.89. The van der Waals surface area contributed by atoms with E-state index in [0.717, 1.165) is 6.26 Å². The van der Waals surface area contributed by atoms with Crippen molar-refractivity contribution in [3.8, 4) is 0 Å². The van der Waals surface area contributed by atoms with Crippen LogP contribution in [-0.2, 0) is 33.2 Å². The standard InChI is InChI=1S/C30H40O16/c1-29(46-18(33)8-7-14-5-3-2-4-6-14)11-17(44-26-23(38)21(36)19(34)15(12-31)42-26)30(40)9-10-41-28(25(29)30)45-27-24(39)22(37)20(35)16(13-32)43-27/h2-10,15-17,19-28,31-32,34-40H,11-13H2,1H3/b8-7+/t15-,16-,17-,19+,20-,21+,22+,23-,24-,25-,26+,27+,28+,29+,30-/m1/s1. The summed E-state index contributed by atoms with van der Waals surface area (Å²) in [6.07, 6.45) is -14.8. The van der Waals surface area contributed by atoms with E-state index in [0.29, 0.717) is 5.56 Å². The molecule has 1 aliphatic carbocycles. The largest absolute Gasteiger partial charge is 0.472 e. The summed E-state index contributed by atoms with van der Waals surface area (Å²) in [5.74, 6) is -2.19. The molecule has 46 heavy (non-hydrogen) atoms. The molecule has 0 unspecified atom stereocenters. The molecule has 3 aliphatic heterocycles. The molecule has 9 N–H and O–H groups in total. The van der Waals surface area contributed by atoms with Gasteiger partial charge in [0.1, 0.15) is 60.0 Å². The molecule has 4 aliphatic rings. The monoisotopic (exact) mass is 656 g/mol. The molecule has 0 radical (unpaired) electrons. The van der Waals surface area contributed by atoms with E-state index < -0.39 is 110 Å². The smallest absolute Gasteiger partial charge is 0.331 e. The predicted molar refractivity (Wildman–Crippen MR) is 151 cm³/mol. The summed E-state index contributed by atoms with van der Waals surface area (Å²) < 4.78 is 34.3. The van der Waals surface area contributed by atoms with E-state index in [2.05, 4.69) is 0 Å². The molecule has 0 aromatic heterocycles. The molecule has 16 nitrogen and oxygen atoms in total. The van der Waals surface area contributed by atoms with Crippen LogP contribution in [0.2, 0.25) is 0 Å². The molecule has 0 spiro atoms. The average Bonchev–Trinajstić information content (AvgIpc) is 3.26. The number of carbonyl (C=O) groups is 1. The molecule has 3 heterocycles. The summed E-state index contributed by atoms with van der Waals surface area (Å²) in [7, 11) is 0. The van der Waals surface area contributed by atoms with Gasteiger partial charge in [-0.15, -0.1) is 0 Å². The topological polar surface area (TPSA) is 255 Å². The second kappa shape index (κ2) is 13.9. The van der Waals surface area contributed by atoms with Gasteiger partial charge in [0.15, 0.2) is 12.6 Å². The number of ether oxygens (including phenoxy) is 6. The number of hydrogen-bond acceptors (Lipinski definition) is 16. The first-order valence-electron chi connectivity index (χ1n) is 14.8.